The summed E-state index contributed by atoms with van der Waals surface area (Å²) in [6.45, 7) is 8.56. The molecule has 0 bridgehead atoms. The number of carbonyl (C=O) groups excluding carboxylic acids is 1. The molecule has 0 saturated heterocycles. The van der Waals surface area contributed by atoms with Crippen LogP contribution in [-0.4, -0.2) is 44.0 Å². The molecule has 1 aromatic carbocycles. The second kappa shape index (κ2) is 11.5. The minimum absolute atomic E-state index is 0. The van der Waals surface area contributed by atoms with Gasteiger partial charge in [0.1, 0.15) is 6.54 Å². The standard InChI is InChI=1S/C17H25BrN4O.HI/c1-12(2)10-19-17(20-11-16(23)22(4)5)21-13(3)14-8-6-7-9-15(14)18;/h6-9,13H,1,10-11H2,2-5H3,(H2,19,20,21);1H. The summed E-state index contributed by atoms with van der Waals surface area (Å²) in [4.78, 5) is 17.6. The molecule has 1 aromatic rings. The van der Waals surface area contributed by atoms with Gasteiger partial charge in [-0.25, -0.2) is 4.99 Å². The van der Waals surface area contributed by atoms with E-state index in [1.807, 2.05) is 38.1 Å². The van der Waals surface area contributed by atoms with Crippen LogP contribution in [0, 0.1) is 0 Å². The molecule has 0 radical (unpaired) electrons. The summed E-state index contributed by atoms with van der Waals surface area (Å²) in [7, 11) is 3.44. The SMILES string of the molecule is C=C(C)CNC(=NCC(=O)N(C)C)NC(C)c1ccccc1Br.I. The Hall–Kier alpha value is -1.09. The lowest BCUT2D eigenvalue weighted by Gasteiger charge is -2.20. The highest BCUT2D eigenvalue weighted by Gasteiger charge is 2.11. The van der Waals surface area contributed by atoms with Crippen LogP contribution in [0.3, 0.4) is 0 Å². The first-order valence-corrected chi connectivity index (χ1v) is 8.24. The average Bonchev–Trinajstić information content (AvgIpc) is 2.49. The van der Waals surface area contributed by atoms with Crippen LogP contribution in [0.15, 0.2) is 45.9 Å². The monoisotopic (exact) mass is 508 g/mol. The quantitative estimate of drug-likeness (QED) is 0.268. The Morgan fingerprint density at radius 1 is 1.38 bits per heavy atom. The van der Waals surface area contributed by atoms with E-state index in [-0.39, 0.29) is 42.5 Å². The van der Waals surface area contributed by atoms with Crippen LogP contribution in [0.25, 0.3) is 0 Å². The van der Waals surface area contributed by atoms with E-state index in [1.54, 1.807) is 14.1 Å². The highest BCUT2D eigenvalue weighted by atomic mass is 127. The molecular formula is C17H26BrIN4O. The van der Waals surface area contributed by atoms with E-state index in [9.17, 15) is 4.79 Å². The van der Waals surface area contributed by atoms with Crippen molar-refractivity contribution in [3.05, 3.63) is 46.5 Å². The van der Waals surface area contributed by atoms with Crippen LogP contribution < -0.4 is 10.6 Å². The van der Waals surface area contributed by atoms with Crippen molar-refractivity contribution in [2.45, 2.75) is 19.9 Å². The van der Waals surface area contributed by atoms with Crippen molar-refractivity contribution < 1.29 is 4.79 Å². The fourth-order valence-corrected chi connectivity index (χ4v) is 2.41. The highest BCUT2D eigenvalue weighted by Crippen LogP contribution is 2.22. The number of hydrogen-bond acceptors (Lipinski definition) is 2. The van der Waals surface area contributed by atoms with Gasteiger partial charge in [0.15, 0.2) is 5.96 Å². The second-order valence-corrected chi connectivity index (χ2v) is 6.51. The largest absolute Gasteiger partial charge is 0.353 e. The third-order valence-electron chi connectivity index (χ3n) is 3.15. The highest BCUT2D eigenvalue weighted by molar-refractivity contribution is 14.0. The maximum atomic E-state index is 11.7. The van der Waals surface area contributed by atoms with Crippen LogP contribution in [0.1, 0.15) is 25.5 Å². The lowest BCUT2D eigenvalue weighted by Crippen LogP contribution is -2.40. The van der Waals surface area contributed by atoms with Crippen LogP contribution in [0.2, 0.25) is 0 Å². The molecule has 0 fully saturated rings. The number of rotatable bonds is 6. The van der Waals surface area contributed by atoms with Crippen molar-refractivity contribution in [2.75, 3.05) is 27.2 Å². The number of hydrogen-bond donors (Lipinski definition) is 2. The van der Waals surface area contributed by atoms with E-state index < -0.39 is 0 Å². The van der Waals surface area contributed by atoms with Gasteiger partial charge < -0.3 is 15.5 Å². The van der Waals surface area contributed by atoms with Crippen molar-refractivity contribution in [1.29, 1.82) is 0 Å². The van der Waals surface area contributed by atoms with Crippen molar-refractivity contribution in [3.63, 3.8) is 0 Å². The Morgan fingerprint density at radius 3 is 2.54 bits per heavy atom. The van der Waals surface area contributed by atoms with Crippen molar-refractivity contribution in [3.8, 4) is 0 Å². The second-order valence-electron chi connectivity index (χ2n) is 5.65. The zero-order chi connectivity index (χ0) is 17.4. The summed E-state index contributed by atoms with van der Waals surface area (Å²) < 4.78 is 1.03. The molecule has 0 heterocycles. The molecule has 1 amide bonds. The summed E-state index contributed by atoms with van der Waals surface area (Å²) in [5.41, 5.74) is 2.11. The Bertz CT molecular complexity index is 590. The molecule has 2 N–H and O–H groups in total. The summed E-state index contributed by atoms with van der Waals surface area (Å²) in [6.07, 6.45) is 0. The number of amides is 1. The van der Waals surface area contributed by atoms with Gasteiger partial charge in [0.2, 0.25) is 5.91 Å². The first kappa shape index (κ1) is 22.9. The van der Waals surface area contributed by atoms with Crippen LogP contribution in [0.5, 0.6) is 0 Å². The van der Waals surface area contributed by atoms with E-state index in [2.05, 4.69) is 38.1 Å². The zero-order valence-corrected chi connectivity index (χ0v) is 18.5. The van der Waals surface area contributed by atoms with Gasteiger partial charge in [-0.2, -0.15) is 0 Å². The van der Waals surface area contributed by atoms with Gasteiger partial charge in [-0.15, -0.1) is 24.0 Å². The smallest absolute Gasteiger partial charge is 0.243 e. The van der Waals surface area contributed by atoms with Gasteiger partial charge in [-0.05, 0) is 25.5 Å². The summed E-state index contributed by atoms with van der Waals surface area (Å²) in [5.74, 6) is 0.543. The molecule has 0 saturated carbocycles. The third kappa shape index (κ3) is 8.14. The normalized spacial score (nSPS) is 12.0. The maximum absolute atomic E-state index is 11.7. The van der Waals surface area contributed by atoms with Gasteiger partial charge in [0.25, 0.3) is 0 Å². The number of guanidine groups is 1. The summed E-state index contributed by atoms with van der Waals surface area (Å²) in [6, 6.07) is 8.05. The van der Waals surface area contributed by atoms with E-state index >= 15 is 0 Å². The van der Waals surface area contributed by atoms with E-state index in [0.29, 0.717) is 12.5 Å². The lowest BCUT2D eigenvalue weighted by atomic mass is 10.1. The number of halogens is 2. The molecule has 24 heavy (non-hydrogen) atoms. The van der Waals surface area contributed by atoms with E-state index in [0.717, 1.165) is 15.6 Å². The van der Waals surface area contributed by atoms with E-state index in [4.69, 9.17) is 0 Å². The van der Waals surface area contributed by atoms with Gasteiger partial charge in [-0.1, -0.05) is 46.3 Å². The molecule has 0 aliphatic heterocycles. The molecule has 7 heteroatoms. The Balaban J connectivity index is 0.00000529. The van der Waals surface area contributed by atoms with Gasteiger partial charge in [-0.3, -0.25) is 4.79 Å². The first-order chi connectivity index (χ1) is 10.8. The predicted molar refractivity (Wildman–Crippen MR) is 115 cm³/mol. The number of nitrogens with one attached hydrogen (secondary N) is 2. The average molecular weight is 509 g/mol. The number of carbonyl (C=O) groups is 1. The number of likely N-dealkylation sites (N-methyl/N-ethyl adjacent to an activating group) is 1. The van der Waals surface area contributed by atoms with Gasteiger partial charge in [0, 0.05) is 25.1 Å². The molecule has 1 atom stereocenters. The molecule has 1 rings (SSSR count). The van der Waals surface area contributed by atoms with Gasteiger partial charge >= 0.3 is 0 Å². The Morgan fingerprint density at radius 2 is 2.00 bits per heavy atom. The number of nitrogens with zero attached hydrogens (tertiary/aromatic N) is 2. The van der Waals surface area contributed by atoms with Gasteiger partial charge in [0.05, 0.1) is 6.04 Å². The topological polar surface area (TPSA) is 56.7 Å². The maximum Gasteiger partial charge on any atom is 0.243 e. The fourth-order valence-electron chi connectivity index (χ4n) is 1.78. The van der Waals surface area contributed by atoms with Crippen molar-refractivity contribution in [1.82, 2.24) is 15.5 Å². The van der Waals surface area contributed by atoms with Crippen molar-refractivity contribution in [2.24, 2.45) is 4.99 Å². The first-order valence-electron chi connectivity index (χ1n) is 7.45. The van der Waals surface area contributed by atoms with Crippen LogP contribution in [-0.2, 0) is 4.79 Å². The molecule has 134 valence electrons. The number of aliphatic imine (C=N–C) groups is 1. The third-order valence-corrected chi connectivity index (χ3v) is 3.88. The molecule has 0 aliphatic rings. The van der Waals surface area contributed by atoms with Crippen LogP contribution in [0.4, 0.5) is 0 Å². The Kier molecular flexibility index (Phi) is 10.9. The summed E-state index contributed by atoms with van der Waals surface area (Å²) in [5, 5.41) is 6.51. The van der Waals surface area contributed by atoms with E-state index in [1.165, 1.54) is 4.90 Å². The molecule has 1 unspecified atom stereocenters. The molecule has 0 aliphatic carbocycles. The summed E-state index contributed by atoms with van der Waals surface area (Å²) >= 11 is 3.56. The van der Waals surface area contributed by atoms with Crippen LogP contribution >= 0.6 is 39.9 Å². The zero-order valence-electron chi connectivity index (χ0n) is 14.6. The molecule has 0 spiro atoms. The van der Waals surface area contributed by atoms with Crippen molar-refractivity contribution >= 4 is 51.8 Å². The number of benzene rings is 1. The fraction of sp³-hybridized carbons (Fsp3) is 0.412. The lowest BCUT2D eigenvalue weighted by molar-refractivity contribution is -0.127. The molecule has 0 aromatic heterocycles. The minimum Gasteiger partial charge on any atom is -0.353 e. The molecular weight excluding hydrogens is 483 g/mol. The molecule has 5 nitrogen and oxygen atoms in total. The minimum atomic E-state index is -0.0463. The predicted octanol–water partition coefficient (Wildman–Crippen LogP) is 3.33. The Labute approximate surface area is 170 Å².